The van der Waals surface area contributed by atoms with Crippen LogP contribution >= 0.6 is 0 Å². The fourth-order valence-electron chi connectivity index (χ4n) is 4.66. The van der Waals surface area contributed by atoms with Crippen LogP contribution in [-0.4, -0.2) is 12.2 Å². The molecule has 5 rings (SSSR count). The van der Waals surface area contributed by atoms with Gasteiger partial charge in [0.1, 0.15) is 0 Å². The molecule has 2 aliphatic heterocycles. The van der Waals surface area contributed by atoms with Crippen LogP contribution in [0.1, 0.15) is 44.9 Å². The van der Waals surface area contributed by atoms with Crippen molar-refractivity contribution in [2.45, 2.75) is 57.2 Å². The van der Waals surface area contributed by atoms with Gasteiger partial charge in [0.25, 0.3) is 0 Å². The molecule has 0 N–H and O–H groups in total. The van der Waals surface area contributed by atoms with Crippen LogP contribution in [0.25, 0.3) is 0 Å². The number of rotatable bonds is 0. The van der Waals surface area contributed by atoms with E-state index in [2.05, 4.69) is 6.08 Å². The summed E-state index contributed by atoms with van der Waals surface area (Å²) in [5.41, 5.74) is 1.82. The van der Waals surface area contributed by atoms with Crippen molar-refractivity contribution in [2.75, 3.05) is 0 Å². The highest BCUT2D eigenvalue weighted by Crippen LogP contribution is 2.53. The van der Waals surface area contributed by atoms with Crippen molar-refractivity contribution < 1.29 is 4.74 Å². The van der Waals surface area contributed by atoms with Crippen LogP contribution in [0.15, 0.2) is 11.6 Å². The standard InChI is InChI=1S/C14H20O/c1-2-10-8-11-6-4-9-5-7-13(15-11)14(10)12(9)3-1/h3,9-11,13-14H,1-2,4-8H2/t9-,10+,11+,13+,14-/m1/s1. The molecule has 1 heteroatoms. The van der Waals surface area contributed by atoms with E-state index in [-0.39, 0.29) is 0 Å². The molecule has 0 unspecified atom stereocenters. The Hall–Kier alpha value is -0.300. The van der Waals surface area contributed by atoms with Gasteiger partial charge in [-0.15, -0.1) is 0 Å². The Morgan fingerprint density at radius 3 is 3.00 bits per heavy atom. The van der Waals surface area contributed by atoms with Crippen molar-refractivity contribution in [3.8, 4) is 0 Å². The number of fused-ring (bicyclic) bond motifs is 1. The monoisotopic (exact) mass is 204 g/mol. The summed E-state index contributed by atoms with van der Waals surface area (Å²) in [6, 6.07) is 0. The van der Waals surface area contributed by atoms with E-state index in [1.807, 2.05) is 5.57 Å². The van der Waals surface area contributed by atoms with Crippen molar-refractivity contribution in [3.05, 3.63) is 11.6 Å². The van der Waals surface area contributed by atoms with Crippen LogP contribution < -0.4 is 0 Å². The molecule has 15 heavy (non-hydrogen) atoms. The minimum Gasteiger partial charge on any atom is -0.374 e. The van der Waals surface area contributed by atoms with E-state index >= 15 is 0 Å². The molecule has 5 aliphatic rings. The van der Waals surface area contributed by atoms with Gasteiger partial charge in [-0.3, -0.25) is 0 Å². The maximum Gasteiger partial charge on any atom is 0.0647 e. The van der Waals surface area contributed by atoms with Gasteiger partial charge in [-0.25, -0.2) is 0 Å². The fourth-order valence-corrected chi connectivity index (χ4v) is 4.66. The van der Waals surface area contributed by atoms with Gasteiger partial charge in [-0.2, -0.15) is 0 Å². The third kappa shape index (κ3) is 1.19. The average molecular weight is 204 g/mol. The first-order valence-corrected chi connectivity index (χ1v) is 6.77. The molecule has 2 saturated heterocycles. The molecule has 0 amide bonds. The highest BCUT2D eigenvalue weighted by atomic mass is 16.5. The molecule has 82 valence electrons. The molecular formula is C14H20O. The fraction of sp³-hybridized carbons (Fsp3) is 0.857. The van der Waals surface area contributed by atoms with Gasteiger partial charge in [0.05, 0.1) is 12.2 Å². The van der Waals surface area contributed by atoms with E-state index < -0.39 is 0 Å². The summed E-state index contributed by atoms with van der Waals surface area (Å²) >= 11 is 0. The summed E-state index contributed by atoms with van der Waals surface area (Å²) in [4.78, 5) is 0. The van der Waals surface area contributed by atoms with Crippen molar-refractivity contribution in [1.82, 2.24) is 0 Å². The normalized spacial score (nSPS) is 52.3. The highest BCUT2D eigenvalue weighted by molar-refractivity contribution is 5.22. The van der Waals surface area contributed by atoms with Crippen LogP contribution in [0, 0.1) is 17.8 Å². The summed E-state index contributed by atoms with van der Waals surface area (Å²) in [6.07, 6.45) is 13.5. The minimum absolute atomic E-state index is 0.608. The Bertz CT molecular complexity index is 306. The molecule has 0 aromatic heterocycles. The minimum atomic E-state index is 0.608. The van der Waals surface area contributed by atoms with Crippen LogP contribution in [0.3, 0.4) is 0 Å². The molecule has 0 aromatic carbocycles. The molecule has 6 bridgehead atoms. The maximum atomic E-state index is 6.27. The first-order valence-electron chi connectivity index (χ1n) is 6.77. The lowest BCUT2D eigenvalue weighted by atomic mass is 9.60. The van der Waals surface area contributed by atoms with E-state index in [4.69, 9.17) is 4.74 Å². The number of allylic oxidation sites excluding steroid dienone is 1. The molecule has 0 radical (unpaired) electrons. The number of hydrogen-bond donors (Lipinski definition) is 0. The molecule has 0 spiro atoms. The number of ether oxygens (including phenoxy) is 1. The lowest BCUT2D eigenvalue weighted by Gasteiger charge is -2.53. The molecular weight excluding hydrogens is 184 g/mol. The largest absolute Gasteiger partial charge is 0.374 e. The Labute approximate surface area is 91.9 Å². The first kappa shape index (κ1) is 8.81. The second kappa shape index (κ2) is 3.10. The van der Waals surface area contributed by atoms with E-state index in [0.29, 0.717) is 12.2 Å². The van der Waals surface area contributed by atoms with Crippen LogP contribution in [0.2, 0.25) is 0 Å². The predicted octanol–water partition coefficient (Wildman–Crippen LogP) is 3.30. The van der Waals surface area contributed by atoms with Crippen molar-refractivity contribution in [2.24, 2.45) is 17.8 Å². The van der Waals surface area contributed by atoms with E-state index in [0.717, 1.165) is 17.8 Å². The second-order valence-corrected chi connectivity index (χ2v) is 5.95. The van der Waals surface area contributed by atoms with Crippen LogP contribution in [0.4, 0.5) is 0 Å². The molecule has 2 saturated carbocycles. The molecule has 0 aromatic rings. The highest BCUT2D eigenvalue weighted by Gasteiger charge is 2.47. The zero-order valence-corrected chi connectivity index (χ0v) is 9.32. The summed E-state index contributed by atoms with van der Waals surface area (Å²) in [6.45, 7) is 0. The molecule has 3 aliphatic carbocycles. The third-order valence-corrected chi connectivity index (χ3v) is 5.25. The van der Waals surface area contributed by atoms with Gasteiger partial charge < -0.3 is 4.74 Å². The summed E-state index contributed by atoms with van der Waals surface area (Å²) < 4.78 is 6.27. The average Bonchev–Trinajstić information content (AvgIpc) is 2.25. The molecule has 2 heterocycles. The van der Waals surface area contributed by atoms with Crippen molar-refractivity contribution in [3.63, 3.8) is 0 Å². The predicted molar refractivity (Wildman–Crippen MR) is 59.5 cm³/mol. The number of hydrogen-bond acceptors (Lipinski definition) is 1. The van der Waals surface area contributed by atoms with Gasteiger partial charge in [-0.1, -0.05) is 11.6 Å². The lowest BCUT2D eigenvalue weighted by molar-refractivity contribution is -0.134. The maximum absolute atomic E-state index is 6.27. The Morgan fingerprint density at radius 2 is 2.00 bits per heavy atom. The summed E-state index contributed by atoms with van der Waals surface area (Å²) in [7, 11) is 0. The van der Waals surface area contributed by atoms with Gasteiger partial charge in [-0.05, 0) is 56.8 Å². The first-order chi connectivity index (χ1) is 7.42. The second-order valence-electron chi connectivity index (χ2n) is 5.95. The quantitative estimate of drug-likeness (QED) is 0.550. The van der Waals surface area contributed by atoms with E-state index in [1.54, 1.807) is 0 Å². The third-order valence-electron chi connectivity index (χ3n) is 5.25. The SMILES string of the molecule is C1=C2[C@@H]3CC[C@H]4C[C@H](CC1)[C@H]2[C@H](CC3)O4. The topological polar surface area (TPSA) is 9.23 Å². The van der Waals surface area contributed by atoms with Crippen LogP contribution in [-0.2, 0) is 4.74 Å². The van der Waals surface area contributed by atoms with Gasteiger partial charge in [0.15, 0.2) is 0 Å². The smallest absolute Gasteiger partial charge is 0.0647 e. The van der Waals surface area contributed by atoms with Crippen molar-refractivity contribution in [1.29, 1.82) is 0 Å². The zero-order valence-electron chi connectivity index (χ0n) is 9.32. The van der Waals surface area contributed by atoms with E-state index in [1.165, 1.54) is 44.9 Å². The summed E-state index contributed by atoms with van der Waals surface area (Å²) in [5, 5.41) is 0. The van der Waals surface area contributed by atoms with Gasteiger partial charge in [0.2, 0.25) is 0 Å². The summed E-state index contributed by atoms with van der Waals surface area (Å²) in [5.74, 6) is 2.77. The molecule has 4 fully saturated rings. The molecule has 5 atom stereocenters. The lowest BCUT2D eigenvalue weighted by Crippen LogP contribution is -2.49. The zero-order chi connectivity index (χ0) is 9.83. The van der Waals surface area contributed by atoms with Crippen LogP contribution in [0.5, 0.6) is 0 Å². The Kier molecular flexibility index (Phi) is 1.82. The van der Waals surface area contributed by atoms with Gasteiger partial charge in [0, 0.05) is 5.92 Å². The van der Waals surface area contributed by atoms with Gasteiger partial charge >= 0.3 is 0 Å². The Morgan fingerprint density at radius 1 is 1.07 bits per heavy atom. The molecule has 1 nitrogen and oxygen atoms in total. The van der Waals surface area contributed by atoms with E-state index in [9.17, 15) is 0 Å². The van der Waals surface area contributed by atoms with Crippen molar-refractivity contribution >= 4 is 0 Å². The Balaban J connectivity index is 1.81.